The predicted octanol–water partition coefficient (Wildman–Crippen LogP) is 3.34. The Morgan fingerprint density at radius 2 is 1.69 bits per heavy atom. The molecule has 0 saturated heterocycles. The first-order valence-corrected chi connectivity index (χ1v) is 8.26. The molecule has 0 saturated carbocycles. The highest BCUT2D eigenvalue weighted by Gasteiger charge is 2.22. The van der Waals surface area contributed by atoms with Gasteiger partial charge in [-0.3, -0.25) is 4.79 Å². The number of hydrogen-bond acceptors (Lipinski definition) is 4. The van der Waals surface area contributed by atoms with Gasteiger partial charge in [-0.25, -0.2) is 9.59 Å². The zero-order chi connectivity index (χ0) is 18.9. The first kappa shape index (κ1) is 19.2. The van der Waals surface area contributed by atoms with Crippen LogP contribution in [0.1, 0.15) is 34.3 Å². The number of ketones is 1. The van der Waals surface area contributed by atoms with Crippen LogP contribution in [-0.4, -0.2) is 29.0 Å². The van der Waals surface area contributed by atoms with Gasteiger partial charge < -0.3 is 15.2 Å². The number of amides is 1. The number of nitrogens with one attached hydrogen (secondary N) is 1. The van der Waals surface area contributed by atoms with Crippen molar-refractivity contribution in [1.82, 2.24) is 5.32 Å². The average molecular weight is 355 g/mol. The molecule has 6 nitrogen and oxygen atoms in total. The maximum absolute atomic E-state index is 12.1. The van der Waals surface area contributed by atoms with Gasteiger partial charge in [0, 0.05) is 12.0 Å². The fourth-order valence-corrected chi connectivity index (χ4v) is 2.40. The lowest BCUT2D eigenvalue weighted by Gasteiger charge is -2.14. The highest BCUT2D eigenvalue weighted by atomic mass is 16.5. The molecule has 0 heterocycles. The lowest BCUT2D eigenvalue weighted by Crippen LogP contribution is -2.41. The van der Waals surface area contributed by atoms with E-state index in [1.807, 2.05) is 31.2 Å². The molecule has 6 heteroatoms. The number of Topliss-reactive ketones (excluding diaryl/α,β-unsaturated/α-hetero) is 1. The van der Waals surface area contributed by atoms with Crippen LogP contribution in [0.15, 0.2) is 54.6 Å². The van der Waals surface area contributed by atoms with Gasteiger partial charge in [-0.1, -0.05) is 54.6 Å². The van der Waals surface area contributed by atoms with Crippen LogP contribution in [0.2, 0.25) is 0 Å². The minimum Gasteiger partial charge on any atom is -0.480 e. The van der Waals surface area contributed by atoms with E-state index in [1.54, 1.807) is 30.3 Å². The van der Waals surface area contributed by atoms with Gasteiger partial charge in [0.05, 0.1) is 0 Å². The fraction of sp³-hybridized carbons (Fsp3) is 0.250. The summed E-state index contributed by atoms with van der Waals surface area (Å²) in [4.78, 5) is 35.3. The molecule has 0 aliphatic rings. The van der Waals surface area contributed by atoms with E-state index in [1.165, 1.54) is 0 Å². The molecule has 0 bridgehead atoms. The van der Waals surface area contributed by atoms with E-state index >= 15 is 0 Å². The van der Waals surface area contributed by atoms with Crippen LogP contribution >= 0.6 is 0 Å². The summed E-state index contributed by atoms with van der Waals surface area (Å²) >= 11 is 0. The Bertz CT molecular complexity index is 773. The van der Waals surface area contributed by atoms with Gasteiger partial charge in [-0.2, -0.15) is 0 Å². The lowest BCUT2D eigenvalue weighted by molar-refractivity contribution is -0.139. The van der Waals surface area contributed by atoms with Crippen LogP contribution in [-0.2, 0) is 16.1 Å². The second-order valence-electron chi connectivity index (χ2n) is 5.87. The number of aryl methyl sites for hydroxylation is 1. The van der Waals surface area contributed by atoms with Crippen LogP contribution in [0, 0.1) is 6.92 Å². The van der Waals surface area contributed by atoms with E-state index in [9.17, 15) is 19.5 Å². The van der Waals surface area contributed by atoms with Crippen molar-refractivity contribution in [3.8, 4) is 0 Å². The number of ether oxygens (including phenoxy) is 1. The Morgan fingerprint density at radius 3 is 2.35 bits per heavy atom. The third kappa shape index (κ3) is 5.73. The number of carbonyl (C=O) groups excluding carboxylic acids is 2. The number of benzene rings is 2. The third-order valence-corrected chi connectivity index (χ3v) is 3.97. The van der Waals surface area contributed by atoms with Gasteiger partial charge in [0.15, 0.2) is 5.78 Å². The summed E-state index contributed by atoms with van der Waals surface area (Å²) < 4.78 is 5.08. The Kier molecular flexibility index (Phi) is 6.91. The van der Waals surface area contributed by atoms with Crippen LogP contribution in [0.5, 0.6) is 0 Å². The molecule has 0 spiro atoms. The summed E-state index contributed by atoms with van der Waals surface area (Å²) in [7, 11) is 0. The van der Waals surface area contributed by atoms with Crippen LogP contribution in [0.25, 0.3) is 0 Å². The Morgan fingerprint density at radius 1 is 1.04 bits per heavy atom. The summed E-state index contributed by atoms with van der Waals surface area (Å²) in [5.41, 5.74) is 2.33. The summed E-state index contributed by atoms with van der Waals surface area (Å²) in [6.07, 6.45) is -0.825. The van der Waals surface area contributed by atoms with Gasteiger partial charge in [0.2, 0.25) is 0 Å². The number of hydrogen-bond donors (Lipinski definition) is 2. The number of alkyl carbamates (subject to hydrolysis) is 1. The normalized spacial score (nSPS) is 11.4. The molecule has 136 valence electrons. The average Bonchev–Trinajstić information content (AvgIpc) is 2.64. The molecular formula is C20H21NO5. The van der Waals surface area contributed by atoms with E-state index in [4.69, 9.17) is 4.74 Å². The predicted molar refractivity (Wildman–Crippen MR) is 95.9 cm³/mol. The molecule has 1 amide bonds. The van der Waals surface area contributed by atoms with Crippen molar-refractivity contribution in [3.63, 3.8) is 0 Å². The monoisotopic (exact) mass is 355 g/mol. The summed E-state index contributed by atoms with van der Waals surface area (Å²) in [5.74, 6) is -1.38. The molecule has 0 aliphatic heterocycles. The minimum atomic E-state index is -1.21. The first-order valence-electron chi connectivity index (χ1n) is 8.26. The second-order valence-corrected chi connectivity index (χ2v) is 5.87. The van der Waals surface area contributed by atoms with Gasteiger partial charge in [-0.05, 0) is 24.5 Å². The van der Waals surface area contributed by atoms with Gasteiger partial charge >= 0.3 is 12.1 Å². The lowest BCUT2D eigenvalue weighted by atomic mass is 10.0. The Labute approximate surface area is 151 Å². The quantitative estimate of drug-likeness (QED) is 0.709. The van der Waals surface area contributed by atoms with Crippen molar-refractivity contribution in [2.75, 3.05) is 0 Å². The summed E-state index contributed by atoms with van der Waals surface area (Å²) in [6.45, 7) is 1.94. The standard InChI is InChI=1S/C20H21NO5/c1-14-7-5-6-10-16(14)13-26-20(25)21-17(19(23)24)11-12-18(22)15-8-3-2-4-9-15/h2-10,17H,11-13H2,1H3,(H,21,25)(H,23,24). The molecule has 2 N–H and O–H groups in total. The molecule has 26 heavy (non-hydrogen) atoms. The van der Waals surface area contributed by atoms with Crippen molar-refractivity contribution in [1.29, 1.82) is 0 Å². The van der Waals surface area contributed by atoms with E-state index < -0.39 is 18.1 Å². The molecule has 0 fully saturated rings. The van der Waals surface area contributed by atoms with Gasteiger partial charge in [-0.15, -0.1) is 0 Å². The molecule has 2 aromatic carbocycles. The summed E-state index contributed by atoms with van der Waals surface area (Å²) in [6, 6.07) is 14.9. The van der Waals surface area contributed by atoms with Gasteiger partial charge in [0.25, 0.3) is 0 Å². The highest BCUT2D eigenvalue weighted by Crippen LogP contribution is 2.10. The zero-order valence-electron chi connectivity index (χ0n) is 14.5. The number of aliphatic carboxylic acids is 1. The van der Waals surface area contributed by atoms with Crippen molar-refractivity contribution in [2.24, 2.45) is 0 Å². The number of rotatable bonds is 8. The van der Waals surface area contributed by atoms with Gasteiger partial charge in [0.1, 0.15) is 12.6 Å². The molecular weight excluding hydrogens is 334 g/mol. The fourth-order valence-electron chi connectivity index (χ4n) is 2.40. The van der Waals surface area contributed by atoms with E-state index in [2.05, 4.69) is 5.32 Å². The largest absolute Gasteiger partial charge is 0.480 e. The highest BCUT2D eigenvalue weighted by molar-refractivity contribution is 5.96. The first-order chi connectivity index (χ1) is 12.5. The van der Waals surface area contributed by atoms with Crippen molar-refractivity contribution < 1.29 is 24.2 Å². The number of carbonyl (C=O) groups is 3. The van der Waals surface area contributed by atoms with E-state index in [0.29, 0.717) is 5.56 Å². The van der Waals surface area contributed by atoms with E-state index in [0.717, 1.165) is 11.1 Å². The molecule has 0 radical (unpaired) electrons. The smallest absolute Gasteiger partial charge is 0.408 e. The third-order valence-electron chi connectivity index (χ3n) is 3.97. The maximum Gasteiger partial charge on any atom is 0.408 e. The topological polar surface area (TPSA) is 92.7 Å². The molecule has 0 aromatic heterocycles. The summed E-state index contributed by atoms with van der Waals surface area (Å²) in [5, 5.41) is 11.6. The second kappa shape index (κ2) is 9.36. The Balaban J connectivity index is 1.85. The minimum absolute atomic E-state index is 0.0114. The van der Waals surface area contributed by atoms with Crippen molar-refractivity contribution >= 4 is 17.8 Å². The zero-order valence-corrected chi connectivity index (χ0v) is 14.5. The van der Waals surface area contributed by atoms with Crippen molar-refractivity contribution in [3.05, 3.63) is 71.3 Å². The molecule has 1 unspecified atom stereocenters. The number of carboxylic acid groups (broad SMARTS) is 1. The molecule has 2 aromatic rings. The maximum atomic E-state index is 12.1. The number of carboxylic acids is 1. The van der Waals surface area contributed by atoms with Crippen LogP contribution < -0.4 is 5.32 Å². The SMILES string of the molecule is Cc1ccccc1COC(=O)NC(CCC(=O)c1ccccc1)C(=O)O. The molecule has 0 aliphatic carbocycles. The molecule has 1 atom stereocenters. The van der Waals surface area contributed by atoms with E-state index in [-0.39, 0.29) is 25.2 Å². The Hall–Kier alpha value is -3.15. The van der Waals surface area contributed by atoms with Crippen LogP contribution in [0.3, 0.4) is 0 Å². The molecule has 2 rings (SSSR count). The van der Waals surface area contributed by atoms with Crippen LogP contribution in [0.4, 0.5) is 4.79 Å². The van der Waals surface area contributed by atoms with Crippen molar-refractivity contribution in [2.45, 2.75) is 32.4 Å².